The van der Waals surface area contributed by atoms with E-state index in [4.69, 9.17) is 10.5 Å². The van der Waals surface area contributed by atoms with Gasteiger partial charge in [-0.05, 0) is 19.9 Å². The number of carbonyl (C=O) groups excluding carboxylic acids is 1. The SMILES string of the molecule is CCOC(=O)N1CCC(CN)C(F)C1. The average molecular weight is 204 g/mol. The Morgan fingerprint density at radius 3 is 2.93 bits per heavy atom. The number of hydrogen-bond donors (Lipinski definition) is 1. The molecule has 2 N–H and O–H groups in total. The number of alkyl halides is 1. The molecule has 4 nitrogen and oxygen atoms in total. The Bertz CT molecular complexity index is 201. The predicted molar refractivity (Wildman–Crippen MR) is 50.7 cm³/mol. The third-order valence-electron chi connectivity index (χ3n) is 2.50. The van der Waals surface area contributed by atoms with Crippen LogP contribution in [0.3, 0.4) is 0 Å². The second kappa shape index (κ2) is 5.14. The lowest BCUT2D eigenvalue weighted by Gasteiger charge is -2.33. The fraction of sp³-hybridized carbons (Fsp3) is 0.889. The van der Waals surface area contributed by atoms with Crippen molar-refractivity contribution < 1.29 is 13.9 Å². The fourth-order valence-corrected chi connectivity index (χ4v) is 1.60. The molecule has 1 aliphatic heterocycles. The Morgan fingerprint density at radius 2 is 2.43 bits per heavy atom. The van der Waals surface area contributed by atoms with Gasteiger partial charge in [0.05, 0.1) is 13.2 Å². The van der Waals surface area contributed by atoms with E-state index in [1.165, 1.54) is 4.90 Å². The van der Waals surface area contributed by atoms with E-state index in [0.717, 1.165) is 0 Å². The van der Waals surface area contributed by atoms with Gasteiger partial charge in [0.25, 0.3) is 0 Å². The van der Waals surface area contributed by atoms with Gasteiger partial charge < -0.3 is 15.4 Å². The number of halogens is 1. The molecule has 1 amide bonds. The number of likely N-dealkylation sites (tertiary alicyclic amines) is 1. The first-order chi connectivity index (χ1) is 6.69. The summed E-state index contributed by atoms with van der Waals surface area (Å²) in [7, 11) is 0. The number of carbonyl (C=O) groups is 1. The van der Waals surface area contributed by atoms with Crippen LogP contribution < -0.4 is 5.73 Å². The van der Waals surface area contributed by atoms with Crippen LogP contribution in [0.2, 0.25) is 0 Å². The monoisotopic (exact) mass is 204 g/mol. The molecule has 1 rings (SSSR count). The minimum Gasteiger partial charge on any atom is -0.450 e. The molecule has 0 aromatic carbocycles. The molecule has 1 aliphatic rings. The molecule has 0 aromatic rings. The van der Waals surface area contributed by atoms with Gasteiger partial charge in [0.1, 0.15) is 6.17 Å². The van der Waals surface area contributed by atoms with Crippen molar-refractivity contribution in [3.05, 3.63) is 0 Å². The number of piperidine rings is 1. The van der Waals surface area contributed by atoms with Crippen LogP contribution in [0.5, 0.6) is 0 Å². The van der Waals surface area contributed by atoms with E-state index >= 15 is 0 Å². The Balaban J connectivity index is 2.41. The molecule has 14 heavy (non-hydrogen) atoms. The molecule has 0 bridgehead atoms. The zero-order valence-corrected chi connectivity index (χ0v) is 8.41. The van der Waals surface area contributed by atoms with Crippen LogP contribution in [-0.4, -0.2) is 43.4 Å². The van der Waals surface area contributed by atoms with Crippen molar-refractivity contribution in [3.63, 3.8) is 0 Å². The molecule has 0 aliphatic carbocycles. The zero-order chi connectivity index (χ0) is 10.6. The lowest BCUT2D eigenvalue weighted by atomic mass is 9.95. The molecule has 5 heteroatoms. The van der Waals surface area contributed by atoms with E-state index in [1.54, 1.807) is 6.92 Å². The number of ether oxygens (including phenoxy) is 1. The van der Waals surface area contributed by atoms with E-state index in [0.29, 0.717) is 26.1 Å². The molecule has 0 saturated carbocycles. The van der Waals surface area contributed by atoms with E-state index in [2.05, 4.69) is 0 Å². The topological polar surface area (TPSA) is 55.6 Å². The first-order valence-corrected chi connectivity index (χ1v) is 4.94. The lowest BCUT2D eigenvalue weighted by molar-refractivity contribution is 0.0597. The van der Waals surface area contributed by atoms with Gasteiger partial charge in [0.15, 0.2) is 0 Å². The Morgan fingerprint density at radius 1 is 1.71 bits per heavy atom. The minimum absolute atomic E-state index is 0.110. The summed E-state index contributed by atoms with van der Waals surface area (Å²) in [6.07, 6.45) is -0.819. The van der Waals surface area contributed by atoms with Crippen molar-refractivity contribution in [2.75, 3.05) is 26.2 Å². The van der Waals surface area contributed by atoms with Gasteiger partial charge in [-0.3, -0.25) is 0 Å². The fourth-order valence-electron chi connectivity index (χ4n) is 1.60. The molecule has 1 saturated heterocycles. The second-order valence-corrected chi connectivity index (χ2v) is 3.45. The molecular weight excluding hydrogens is 187 g/mol. The lowest BCUT2D eigenvalue weighted by Crippen LogP contribution is -2.47. The van der Waals surface area contributed by atoms with Gasteiger partial charge in [-0.15, -0.1) is 0 Å². The highest BCUT2D eigenvalue weighted by atomic mass is 19.1. The Kier molecular flexibility index (Phi) is 4.13. The largest absolute Gasteiger partial charge is 0.450 e. The minimum atomic E-state index is -1.02. The predicted octanol–water partition coefficient (Wildman–Crippen LogP) is 0.762. The van der Waals surface area contributed by atoms with E-state index in [1.807, 2.05) is 0 Å². The average Bonchev–Trinajstić information content (AvgIpc) is 2.18. The number of hydrogen-bond acceptors (Lipinski definition) is 3. The summed E-state index contributed by atoms with van der Waals surface area (Å²) in [5, 5.41) is 0. The number of nitrogens with zero attached hydrogens (tertiary/aromatic N) is 1. The smallest absolute Gasteiger partial charge is 0.409 e. The molecule has 2 atom stereocenters. The number of rotatable bonds is 2. The summed E-state index contributed by atoms with van der Waals surface area (Å²) in [6, 6.07) is 0. The number of nitrogens with two attached hydrogens (primary N) is 1. The Labute approximate surface area is 83.2 Å². The van der Waals surface area contributed by atoms with Crippen molar-refractivity contribution in [2.24, 2.45) is 11.7 Å². The van der Waals surface area contributed by atoms with Crippen molar-refractivity contribution in [2.45, 2.75) is 19.5 Å². The van der Waals surface area contributed by atoms with Crippen LogP contribution >= 0.6 is 0 Å². The van der Waals surface area contributed by atoms with Crippen LogP contribution in [0.1, 0.15) is 13.3 Å². The molecule has 1 heterocycles. The quantitative estimate of drug-likeness (QED) is 0.722. The van der Waals surface area contributed by atoms with E-state index < -0.39 is 12.3 Å². The maximum Gasteiger partial charge on any atom is 0.409 e. The van der Waals surface area contributed by atoms with Crippen LogP contribution in [-0.2, 0) is 4.74 Å². The maximum absolute atomic E-state index is 13.4. The van der Waals surface area contributed by atoms with Gasteiger partial charge in [-0.25, -0.2) is 9.18 Å². The van der Waals surface area contributed by atoms with Crippen LogP contribution in [0.25, 0.3) is 0 Å². The van der Waals surface area contributed by atoms with Crippen LogP contribution in [0, 0.1) is 5.92 Å². The van der Waals surface area contributed by atoms with E-state index in [9.17, 15) is 9.18 Å². The summed E-state index contributed by atoms with van der Waals surface area (Å²) < 4.78 is 18.2. The third-order valence-corrected chi connectivity index (χ3v) is 2.50. The van der Waals surface area contributed by atoms with Gasteiger partial charge in [-0.2, -0.15) is 0 Å². The van der Waals surface area contributed by atoms with Gasteiger partial charge >= 0.3 is 6.09 Å². The summed E-state index contributed by atoms with van der Waals surface area (Å²) in [4.78, 5) is 12.6. The summed E-state index contributed by atoms with van der Waals surface area (Å²) in [5.41, 5.74) is 5.40. The van der Waals surface area contributed by atoms with Crippen LogP contribution in [0.4, 0.5) is 9.18 Å². The van der Waals surface area contributed by atoms with Gasteiger partial charge in [0.2, 0.25) is 0 Å². The molecule has 82 valence electrons. The normalized spacial score (nSPS) is 27.5. The first-order valence-electron chi connectivity index (χ1n) is 4.94. The van der Waals surface area contributed by atoms with Crippen molar-refractivity contribution in [1.29, 1.82) is 0 Å². The highest BCUT2D eigenvalue weighted by molar-refractivity contribution is 5.67. The van der Waals surface area contributed by atoms with Gasteiger partial charge in [0, 0.05) is 12.5 Å². The second-order valence-electron chi connectivity index (χ2n) is 3.45. The van der Waals surface area contributed by atoms with Gasteiger partial charge in [-0.1, -0.05) is 0 Å². The molecular formula is C9H17FN2O2. The maximum atomic E-state index is 13.4. The standard InChI is InChI=1S/C9H17FN2O2/c1-2-14-9(13)12-4-3-7(5-11)8(10)6-12/h7-8H,2-6,11H2,1H3. The highest BCUT2D eigenvalue weighted by Gasteiger charge is 2.30. The zero-order valence-electron chi connectivity index (χ0n) is 8.41. The molecule has 1 fully saturated rings. The highest BCUT2D eigenvalue weighted by Crippen LogP contribution is 2.19. The number of amides is 1. The Hall–Kier alpha value is -0.840. The first kappa shape index (κ1) is 11.2. The molecule has 2 unspecified atom stereocenters. The van der Waals surface area contributed by atoms with E-state index in [-0.39, 0.29) is 12.5 Å². The third kappa shape index (κ3) is 2.57. The van der Waals surface area contributed by atoms with Crippen molar-refractivity contribution in [3.8, 4) is 0 Å². The molecule has 0 radical (unpaired) electrons. The molecule has 0 aromatic heterocycles. The summed E-state index contributed by atoms with van der Waals surface area (Å²) in [6.45, 7) is 3.06. The van der Waals surface area contributed by atoms with Crippen molar-refractivity contribution in [1.82, 2.24) is 4.90 Å². The summed E-state index contributed by atoms with van der Waals surface area (Å²) >= 11 is 0. The molecule has 0 spiro atoms. The van der Waals surface area contributed by atoms with Crippen molar-refractivity contribution >= 4 is 6.09 Å². The van der Waals surface area contributed by atoms with Crippen LogP contribution in [0.15, 0.2) is 0 Å². The summed E-state index contributed by atoms with van der Waals surface area (Å²) in [5.74, 6) is -0.110.